The molecule has 0 aliphatic rings. The van der Waals surface area contributed by atoms with Crippen molar-refractivity contribution in [3.63, 3.8) is 0 Å². The highest BCUT2D eigenvalue weighted by Gasteiger charge is 2.02. The van der Waals surface area contributed by atoms with Crippen LogP contribution in [-0.2, 0) is 13.6 Å². The number of nitrogens with zero attached hydrogens (tertiary/aromatic N) is 2. The molecule has 0 saturated carbocycles. The Labute approximate surface area is 107 Å². The maximum atomic E-state index is 12.9. The van der Waals surface area contributed by atoms with Crippen LogP contribution in [0.5, 0.6) is 0 Å². The van der Waals surface area contributed by atoms with E-state index in [1.807, 2.05) is 17.8 Å². The molecule has 0 spiro atoms. The van der Waals surface area contributed by atoms with Gasteiger partial charge in [0, 0.05) is 22.5 Å². The van der Waals surface area contributed by atoms with E-state index in [-0.39, 0.29) is 5.82 Å². The average molecular weight is 331 g/mol. The quantitative estimate of drug-likeness (QED) is 0.877. The summed E-state index contributed by atoms with van der Waals surface area (Å²) in [5.41, 5.74) is 2.02. The lowest BCUT2D eigenvalue weighted by molar-refractivity contribution is 0.627. The Bertz CT molecular complexity index is 496. The van der Waals surface area contributed by atoms with E-state index in [9.17, 15) is 4.39 Å². The monoisotopic (exact) mass is 331 g/mol. The largest absolute Gasteiger partial charge is 0.379 e. The molecule has 1 N–H and O–H groups in total. The number of hydrogen-bond donors (Lipinski definition) is 1. The van der Waals surface area contributed by atoms with Gasteiger partial charge in [0.2, 0.25) is 0 Å². The molecule has 2 aromatic rings. The molecule has 2 rings (SSSR count). The molecular weight excluding hydrogens is 320 g/mol. The number of aromatic nitrogens is 2. The molecule has 0 fully saturated rings. The second-order valence-corrected chi connectivity index (χ2v) is 4.59. The number of anilines is 1. The van der Waals surface area contributed by atoms with Crippen LogP contribution in [-0.4, -0.2) is 9.78 Å². The van der Waals surface area contributed by atoms with Crippen molar-refractivity contribution in [3.8, 4) is 0 Å². The van der Waals surface area contributed by atoms with Gasteiger partial charge >= 0.3 is 0 Å². The zero-order valence-corrected chi connectivity index (χ0v) is 10.9. The van der Waals surface area contributed by atoms with Gasteiger partial charge in [0.05, 0.1) is 12.2 Å². The van der Waals surface area contributed by atoms with Crippen LogP contribution in [0.15, 0.2) is 30.5 Å². The van der Waals surface area contributed by atoms with Gasteiger partial charge in [0.15, 0.2) is 0 Å². The number of aryl methyl sites for hydroxylation is 1. The van der Waals surface area contributed by atoms with Gasteiger partial charge in [-0.2, -0.15) is 5.10 Å². The first-order valence-electron chi connectivity index (χ1n) is 4.82. The Hall–Kier alpha value is -1.11. The molecule has 0 atom stereocenters. The SMILES string of the molecule is Cn1nccc1CNc1ccc(F)cc1I. The van der Waals surface area contributed by atoms with Gasteiger partial charge in [0.1, 0.15) is 5.82 Å². The van der Waals surface area contributed by atoms with E-state index in [4.69, 9.17) is 0 Å². The minimum absolute atomic E-state index is 0.213. The summed E-state index contributed by atoms with van der Waals surface area (Å²) in [6, 6.07) is 6.65. The standard InChI is InChI=1S/C11H11FIN3/c1-16-9(4-5-15-16)7-14-11-3-2-8(12)6-10(11)13/h2-6,14H,7H2,1H3. The van der Waals surface area contributed by atoms with Crippen LogP contribution in [0.1, 0.15) is 5.69 Å². The third kappa shape index (κ3) is 2.52. The minimum atomic E-state index is -0.213. The van der Waals surface area contributed by atoms with Crippen molar-refractivity contribution in [2.24, 2.45) is 7.05 Å². The molecule has 1 aromatic carbocycles. The van der Waals surface area contributed by atoms with Crippen LogP contribution in [0.3, 0.4) is 0 Å². The molecule has 5 heteroatoms. The minimum Gasteiger partial charge on any atom is -0.379 e. The summed E-state index contributed by atoms with van der Waals surface area (Å²) in [7, 11) is 1.90. The smallest absolute Gasteiger partial charge is 0.124 e. The second kappa shape index (κ2) is 4.82. The van der Waals surface area contributed by atoms with E-state index in [1.54, 1.807) is 12.3 Å². The lowest BCUT2D eigenvalue weighted by Crippen LogP contribution is -2.06. The summed E-state index contributed by atoms with van der Waals surface area (Å²) in [5, 5.41) is 7.33. The summed E-state index contributed by atoms with van der Waals surface area (Å²) in [6.45, 7) is 0.679. The van der Waals surface area contributed by atoms with Crippen molar-refractivity contribution >= 4 is 28.3 Å². The van der Waals surface area contributed by atoms with Crippen LogP contribution >= 0.6 is 22.6 Å². The number of rotatable bonds is 3. The third-order valence-corrected chi connectivity index (χ3v) is 3.21. The molecule has 1 aromatic heterocycles. The summed E-state index contributed by atoms with van der Waals surface area (Å²) in [5.74, 6) is -0.213. The van der Waals surface area contributed by atoms with E-state index in [0.717, 1.165) is 15.0 Å². The normalized spacial score (nSPS) is 10.4. The van der Waals surface area contributed by atoms with E-state index < -0.39 is 0 Å². The van der Waals surface area contributed by atoms with Crippen molar-refractivity contribution in [2.45, 2.75) is 6.54 Å². The van der Waals surface area contributed by atoms with Crippen LogP contribution < -0.4 is 5.32 Å². The fraction of sp³-hybridized carbons (Fsp3) is 0.182. The van der Waals surface area contributed by atoms with Crippen molar-refractivity contribution in [1.82, 2.24) is 9.78 Å². The molecule has 0 saturated heterocycles. The number of nitrogens with one attached hydrogen (secondary N) is 1. The topological polar surface area (TPSA) is 29.9 Å². The maximum absolute atomic E-state index is 12.9. The molecule has 0 radical (unpaired) electrons. The van der Waals surface area contributed by atoms with Gasteiger partial charge < -0.3 is 5.32 Å². The van der Waals surface area contributed by atoms with Crippen molar-refractivity contribution in [1.29, 1.82) is 0 Å². The molecular formula is C11H11FIN3. The predicted molar refractivity (Wildman–Crippen MR) is 69.7 cm³/mol. The average Bonchev–Trinajstić information content (AvgIpc) is 2.63. The fourth-order valence-corrected chi connectivity index (χ4v) is 2.06. The van der Waals surface area contributed by atoms with Crippen molar-refractivity contribution in [2.75, 3.05) is 5.32 Å². The van der Waals surface area contributed by atoms with E-state index in [2.05, 4.69) is 33.0 Å². The van der Waals surface area contributed by atoms with Gasteiger partial charge in [-0.25, -0.2) is 4.39 Å². The van der Waals surface area contributed by atoms with Gasteiger partial charge in [-0.15, -0.1) is 0 Å². The van der Waals surface area contributed by atoms with Gasteiger partial charge in [-0.3, -0.25) is 4.68 Å². The molecule has 16 heavy (non-hydrogen) atoms. The zero-order chi connectivity index (χ0) is 11.5. The zero-order valence-electron chi connectivity index (χ0n) is 8.74. The second-order valence-electron chi connectivity index (χ2n) is 3.42. The summed E-state index contributed by atoms with van der Waals surface area (Å²) in [6.07, 6.45) is 1.76. The van der Waals surface area contributed by atoms with Gasteiger partial charge in [-0.05, 0) is 46.9 Å². The van der Waals surface area contributed by atoms with Crippen LogP contribution in [0.25, 0.3) is 0 Å². The van der Waals surface area contributed by atoms with Gasteiger partial charge in [0.25, 0.3) is 0 Å². The lowest BCUT2D eigenvalue weighted by atomic mass is 10.3. The van der Waals surface area contributed by atoms with Crippen LogP contribution in [0.2, 0.25) is 0 Å². The first-order chi connectivity index (χ1) is 7.66. The van der Waals surface area contributed by atoms with Gasteiger partial charge in [-0.1, -0.05) is 0 Å². The van der Waals surface area contributed by atoms with E-state index in [0.29, 0.717) is 6.54 Å². The number of benzene rings is 1. The molecule has 0 aliphatic carbocycles. The van der Waals surface area contributed by atoms with Crippen molar-refractivity contribution < 1.29 is 4.39 Å². The Balaban J connectivity index is 2.08. The van der Waals surface area contributed by atoms with E-state index >= 15 is 0 Å². The molecule has 0 unspecified atom stereocenters. The summed E-state index contributed by atoms with van der Waals surface area (Å²) >= 11 is 2.11. The highest BCUT2D eigenvalue weighted by atomic mass is 127. The first-order valence-corrected chi connectivity index (χ1v) is 5.90. The maximum Gasteiger partial charge on any atom is 0.124 e. The van der Waals surface area contributed by atoms with E-state index in [1.165, 1.54) is 12.1 Å². The fourth-order valence-electron chi connectivity index (χ4n) is 1.39. The van der Waals surface area contributed by atoms with Crippen LogP contribution in [0, 0.1) is 9.39 Å². The predicted octanol–water partition coefficient (Wildman–Crippen LogP) is 2.78. The van der Waals surface area contributed by atoms with Crippen molar-refractivity contribution in [3.05, 3.63) is 45.5 Å². The number of hydrogen-bond acceptors (Lipinski definition) is 2. The number of halogens is 2. The summed E-state index contributed by atoms with van der Waals surface area (Å²) < 4.78 is 15.6. The Morgan fingerprint density at radius 3 is 2.88 bits per heavy atom. The highest BCUT2D eigenvalue weighted by molar-refractivity contribution is 14.1. The third-order valence-electron chi connectivity index (χ3n) is 2.31. The molecule has 1 heterocycles. The Kier molecular flexibility index (Phi) is 3.42. The lowest BCUT2D eigenvalue weighted by Gasteiger charge is -2.08. The molecule has 0 bridgehead atoms. The summed E-state index contributed by atoms with van der Waals surface area (Å²) in [4.78, 5) is 0. The van der Waals surface area contributed by atoms with Crippen LogP contribution in [0.4, 0.5) is 10.1 Å². The Morgan fingerprint density at radius 2 is 2.25 bits per heavy atom. The molecule has 3 nitrogen and oxygen atoms in total. The molecule has 84 valence electrons. The molecule has 0 amide bonds. The first kappa shape index (κ1) is 11.4. The highest BCUT2D eigenvalue weighted by Crippen LogP contribution is 2.19. The Morgan fingerprint density at radius 1 is 1.44 bits per heavy atom. The molecule has 0 aliphatic heterocycles.